The number of amides is 1. The molecule has 1 amide bonds. The number of hydrogen-bond acceptors (Lipinski definition) is 5. The van der Waals surface area contributed by atoms with Gasteiger partial charge in [0.1, 0.15) is 6.54 Å². The summed E-state index contributed by atoms with van der Waals surface area (Å²) >= 11 is 6.23. The van der Waals surface area contributed by atoms with Crippen molar-refractivity contribution in [2.75, 3.05) is 31.6 Å². The normalized spacial score (nSPS) is 10.8. The number of benzene rings is 3. The lowest BCUT2D eigenvalue weighted by Crippen LogP contribution is -2.37. The third-order valence-electron chi connectivity index (χ3n) is 6.62. The second-order valence-corrected chi connectivity index (χ2v) is 10.1. The van der Waals surface area contributed by atoms with Crippen LogP contribution in [0.1, 0.15) is 39.2 Å². The van der Waals surface area contributed by atoms with Crippen LogP contribution >= 0.6 is 11.6 Å². The number of carboxylic acids is 1. The molecule has 0 saturated heterocycles. The first-order chi connectivity index (χ1) is 19.4. The Hall–Kier alpha value is -4.23. The lowest BCUT2D eigenvalue weighted by molar-refractivity contribution is -0.137. The number of aryl methyl sites for hydroxylation is 1. The fourth-order valence-electron chi connectivity index (χ4n) is 4.49. The molecule has 40 heavy (non-hydrogen) atoms. The second kappa shape index (κ2) is 14.2. The molecule has 0 saturated carbocycles. The van der Waals surface area contributed by atoms with E-state index in [1.54, 1.807) is 6.07 Å². The molecule has 4 aromatic rings. The number of rotatable bonds is 13. The Balaban J connectivity index is 1.57. The number of aromatic nitrogens is 2. The fraction of sp³-hybridized carbons (Fsp3) is 0.250. The maximum Gasteiger partial charge on any atom is 0.323 e. The smallest absolute Gasteiger partial charge is 0.323 e. The number of nitrogens with zero attached hydrogens (tertiary/aromatic N) is 4. The molecule has 0 radical (unpaired) electrons. The quantitative estimate of drug-likeness (QED) is 0.232. The molecule has 206 valence electrons. The van der Waals surface area contributed by atoms with E-state index in [1.165, 1.54) is 16.7 Å². The number of carbonyl (C=O) groups excluding carboxylic acids is 1. The minimum atomic E-state index is -1.07. The van der Waals surface area contributed by atoms with Gasteiger partial charge in [-0.3, -0.25) is 9.59 Å². The molecule has 7 nitrogen and oxygen atoms in total. The minimum absolute atomic E-state index is 0.293. The number of hydrogen-bond donors (Lipinski definition) is 1. The van der Waals surface area contributed by atoms with Crippen LogP contribution in [0.3, 0.4) is 0 Å². The lowest BCUT2D eigenvalue weighted by Gasteiger charge is -2.23. The number of carboxylic acid groups (broad SMARTS) is 1. The van der Waals surface area contributed by atoms with Crippen molar-refractivity contribution < 1.29 is 14.7 Å². The van der Waals surface area contributed by atoms with Crippen molar-refractivity contribution in [3.63, 3.8) is 0 Å². The molecule has 4 rings (SSSR count). The fourth-order valence-corrected chi connectivity index (χ4v) is 4.70. The van der Waals surface area contributed by atoms with E-state index in [4.69, 9.17) is 16.6 Å². The van der Waals surface area contributed by atoms with Gasteiger partial charge in [-0.05, 0) is 48.1 Å². The Bertz CT molecular complexity index is 1420. The van der Waals surface area contributed by atoms with Crippen LogP contribution < -0.4 is 4.90 Å². The molecule has 3 aromatic carbocycles. The molecular formula is C32H33ClN4O3. The van der Waals surface area contributed by atoms with E-state index in [9.17, 15) is 14.7 Å². The van der Waals surface area contributed by atoms with Crippen LogP contribution in [0.25, 0.3) is 0 Å². The third-order valence-corrected chi connectivity index (χ3v) is 6.85. The number of likely N-dealkylation sites (N-methyl/N-ethyl adjacent to an activating group) is 1. The van der Waals surface area contributed by atoms with E-state index in [0.717, 1.165) is 24.0 Å². The summed E-state index contributed by atoms with van der Waals surface area (Å²) in [6.07, 6.45) is 4.07. The molecule has 0 aliphatic heterocycles. The maximum atomic E-state index is 13.7. The first-order valence-corrected chi connectivity index (χ1v) is 13.7. The topological polar surface area (TPSA) is 86.6 Å². The average molecular weight is 557 g/mol. The van der Waals surface area contributed by atoms with Crippen molar-refractivity contribution in [1.82, 2.24) is 14.9 Å². The van der Waals surface area contributed by atoms with Gasteiger partial charge < -0.3 is 14.9 Å². The van der Waals surface area contributed by atoms with Crippen molar-refractivity contribution >= 4 is 29.4 Å². The van der Waals surface area contributed by atoms with Gasteiger partial charge >= 0.3 is 5.97 Å². The Morgan fingerprint density at radius 1 is 0.850 bits per heavy atom. The van der Waals surface area contributed by atoms with Gasteiger partial charge in [-0.15, -0.1) is 0 Å². The second-order valence-electron chi connectivity index (χ2n) is 9.70. The van der Waals surface area contributed by atoms with E-state index in [1.807, 2.05) is 78.7 Å². The first kappa shape index (κ1) is 28.8. The summed E-state index contributed by atoms with van der Waals surface area (Å²) in [5.41, 5.74) is 4.06. The summed E-state index contributed by atoms with van der Waals surface area (Å²) in [5, 5.41) is 10.1. The lowest BCUT2D eigenvalue weighted by atomic mass is 10.0. The molecule has 0 unspecified atom stereocenters. The monoisotopic (exact) mass is 556 g/mol. The highest BCUT2D eigenvalue weighted by molar-refractivity contribution is 6.30. The standard InChI is InChI=1S/C32H33ClN4O3/c1-36(19-17-25-12-6-3-7-13-25)32-34-22-28(29(35-32)21-26-14-8-16-27(33)20-26)31(40)37(23-30(38)39)18-9-15-24-10-4-2-5-11-24/h2-8,10-14,16,20,22H,9,15,17-19,21,23H2,1H3,(H,38,39). The van der Waals surface area contributed by atoms with Crippen molar-refractivity contribution in [3.8, 4) is 0 Å². The summed E-state index contributed by atoms with van der Waals surface area (Å²) in [6, 6.07) is 27.5. The molecule has 0 aliphatic rings. The third kappa shape index (κ3) is 8.38. The van der Waals surface area contributed by atoms with Gasteiger partial charge in [0.25, 0.3) is 5.91 Å². The molecule has 8 heteroatoms. The molecule has 0 spiro atoms. The van der Waals surface area contributed by atoms with Crippen molar-refractivity contribution in [1.29, 1.82) is 0 Å². The van der Waals surface area contributed by atoms with Crippen LogP contribution in [0.4, 0.5) is 5.95 Å². The highest BCUT2D eigenvalue weighted by Gasteiger charge is 2.23. The number of aliphatic carboxylic acids is 1. The molecular weight excluding hydrogens is 524 g/mol. The molecule has 0 atom stereocenters. The number of halogens is 1. The van der Waals surface area contributed by atoms with Gasteiger partial charge in [0.15, 0.2) is 0 Å². The molecule has 1 N–H and O–H groups in total. The summed E-state index contributed by atoms with van der Waals surface area (Å²) in [6.45, 7) is 0.594. The van der Waals surface area contributed by atoms with Crippen LogP contribution in [0.15, 0.2) is 91.1 Å². The van der Waals surface area contributed by atoms with Gasteiger partial charge in [-0.2, -0.15) is 0 Å². The predicted molar refractivity (Wildman–Crippen MR) is 158 cm³/mol. The van der Waals surface area contributed by atoms with Gasteiger partial charge in [0.2, 0.25) is 5.95 Å². The van der Waals surface area contributed by atoms with Gasteiger partial charge in [-0.1, -0.05) is 84.4 Å². The Morgan fingerprint density at radius 2 is 1.50 bits per heavy atom. The maximum absolute atomic E-state index is 13.7. The zero-order valence-electron chi connectivity index (χ0n) is 22.5. The van der Waals surface area contributed by atoms with Gasteiger partial charge in [-0.25, -0.2) is 9.97 Å². The van der Waals surface area contributed by atoms with E-state index >= 15 is 0 Å². The summed E-state index contributed by atoms with van der Waals surface area (Å²) in [4.78, 5) is 38.0. The largest absolute Gasteiger partial charge is 0.480 e. The van der Waals surface area contributed by atoms with Gasteiger partial charge in [0, 0.05) is 37.8 Å². The minimum Gasteiger partial charge on any atom is -0.480 e. The van der Waals surface area contributed by atoms with Crippen LogP contribution in [0, 0.1) is 0 Å². The number of anilines is 1. The van der Waals surface area contributed by atoms with E-state index in [0.29, 0.717) is 48.2 Å². The summed E-state index contributed by atoms with van der Waals surface area (Å²) < 4.78 is 0. The van der Waals surface area contributed by atoms with Crippen LogP contribution in [0.2, 0.25) is 5.02 Å². The molecule has 0 bridgehead atoms. The number of carbonyl (C=O) groups is 2. The van der Waals surface area contributed by atoms with E-state index < -0.39 is 18.4 Å². The van der Waals surface area contributed by atoms with Crippen molar-refractivity contribution in [2.24, 2.45) is 0 Å². The zero-order chi connectivity index (χ0) is 28.3. The zero-order valence-corrected chi connectivity index (χ0v) is 23.3. The SMILES string of the molecule is CN(CCc1ccccc1)c1ncc(C(=O)N(CCCc2ccccc2)CC(=O)O)c(Cc2cccc(Cl)c2)n1. The average Bonchev–Trinajstić information content (AvgIpc) is 2.96. The molecule has 1 heterocycles. The molecule has 1 aromatic heterocycles. The molecule has 0 aliphatic carbocycles. The molecule has 0 fully saturated rings. The Labute approximate surface area is 240 Å². The predicted octanol–water partition coefficient (Wildman–Crippen LogP) is 5.56. The van der Waals surface area contributed by atoms with Gasteiger partial charge in [0.05, 0.1) is 11.3 Å². The Kier molecular flexibility index (Phi) is 10.2. The Morgan fingerprint density at radius 3 is 2.15 bits per heavy atom. The van der Waals surface area contributed by atoms with Crippen LogP contribution in [-0.2, 0) is 24.1 Å². The van der Waals surface area contributed by atoms with Crippen molar-refractivity contribution in [2.45, 2.75) is 25.7 Å². The van der Waals surface area contributed by atoms with E-state index in [-0.39, 0.29) is 0 Å². The van der Waals surface area contributed by atoms with Crippen LogP contribution in [-0.4, -0.2) is 58.5 Å². The van der Waals surface area contributed by atoms with E-state index in [2.05, 4.69) is 17.1 Å². The van der Waals surface area contributed by atoms with Crippen LogP contribution in [0.5, 0.6) is 0 Å². The summed E-state index contributed by atoms with van der Waals surface area (Å²) in [7, 11) is 1.92. The highest BCUT2D eigenvalue weighted by atomic mass is 35.5. The summed E-state index contributed by atoms with van der Waals surface area (Å²) in [5.74, 6) is -0.966. The van der Waals surface area contributed by atoms with Crippen molar-refractivity contribution in [3.05, 3.63) is 124 Å². The first-order valence-electron chi connectivity index (χ1n) is 13.3. The highest BCUT2D eigenvalue weighted by Crippen LogP contribution is 2.20.